The van der Waals surface area contributed by atoms with E-state index in [-0.39, 0.29) is 17.9 Å². The normalized spacial score (nSPS) is 19.8. The molecule has 1 fully saturated rings. The highest BCUT2D eigenvalue weighted by atomic mass is 35.5. The van der Waals surface area contributed by atoms with Gasteiger partial charge in [-0.25, -0.2) is 0 Å². The smallest absolute Gasteiger partial charge is 0.253 e. The Balaban J connectivity index is 1.72. The van der Waals surface area contributed by atoms with Crippen molar-refractivity contribution in [2.45, 2.75) is 18.9 Å². The number of benzene rings is 1. The number of halogens is 1. The molecule has 110 valence electrons. The number of pyridine rings is 1. The van der Waals surface area contributed by atoms with Crippen molar-refractivity contribution in [3.63, 3.8) is 0 Å². The first-order chi connectivity index (χ1) is 10.7. The second-order valence-electron chi connectivity index (χ2n) is 5.44. The third-order valence-corrected chi connectivity index (χ3v) is 4.09. The highest BCUT2D eigenvalue weighted by Gasteiger charge is 2.30. The first-order valence-electron chi connectivity index (χ1n) is 7.07. The van der Waals surface area contributed by atoms with Crippen LogP contribution < -0.4 is 5.32 Å². The van der Waals surface area contributed by atoms with E-state index in [2.05, 4.69) is 16.4 Å². The fourth-order valence-corrected chi connectivity index (χ4v) is 2.60. The largest absolute Gasteiger partial charge is 0.349 e. The van der Waals surface area contributed by atoms with Crippen molar-refractivity contribution in [1.29, 1.82) is 5.26 Å². The Morgan fingerprint density at radius 2 is 1.95 bits per heavy atom. The molecule has 1 heterocycles. The SMILES string of the molecule is N#CC1CC(NC(=O)c2cncc(-c3ccc(Cl)cc3)c2)C1. The maximum absolute atomic E-state index is 12.2. The Bertz CT molecular complexity index is 730. The van der Waals surface area contributed by atoms with Gasteiger partial charge in [0, 0.05) is 29.0 Å². The Morgan fingerprint density at radius 3 is 2.64 bits per heavy atom. The molecule has 5 heteroatoms. The molecule has 0 spiro atoms. The van der Waals surface area contributed by atoms with E-state index in [1.807, 2.05) is 18.2 Å². The number of amides is 1. The summed E-state index contributed by atoms with van der Waals surface area (Å²) in [4.78, 5) is 16.4. The molecule has 1 aromatic heterocycles. The Kier molecular flexibility index (Phi) is 4.08. The quantitative estimate of drug-likeness (QED) is 0.944. The van der Waals surface area contributed by atoms with Crippen LogP contribution in [0.3, 0.4) is 0 Å². The maximum atomic E-state index is 12.2. The van der Waals surface area contributed by atoms with Crippen LogP contribution in [-0.2, 0) is 0 Å². The van der Waals surface area contributed by atoms with Crippen molar-refractivity contribution < 1.29 is 4.79 Å². The molecule has 1 aromatic carbocycles. The number of rotatable bonds is 3. The van der Waals surface area contributed by atoms with Gasteiger partial charge < -0.3 is 5.32 Å². The molecule has 0 bridgehead atoms. The fourth-order valence-electron chi connectivity index (χ4n) is 2.47. The lowest BCUT2D eigenvalue weighted by Gasteiger charge is -2.31. The molecule has 0 atom stereocenters. The number of nitriles is 1. The van der Waals surface area contributed by atoms with Crippen LogP contribution in [0.4, 0.5) is 0 Å². The summed E-state index contributed by atoms with van der Waals surface area (Å²) in [5.41, 5.74) is 2.35. The van der Waals surface area contributed by atoms with E-state index in [0.717, 1.165) is 24.0 Å². The van der Waals surface area contributed by atoms with Crippen LogP contribution >= 0.6 is 11.6 Å². The summed E-state index contributed by atoms with van der Waals surface area (Å²) in [6, 6.07) is 11.5. The Labute approximate surface area is 133 Å². The second kappa shape index (κ2) is 6.17. The topological polar surface area (TPSA) is 65.8 Å². The zero-order valence-corrected chi connectivity index (χ0v) is 12.5. The molecule has 3 rings (SSSR count). The van der Waals surface area contributed by atoms with Crippen LogP contribution in [-0.4, -0.2) is 16.9 Å². The molecule has 1 N–H and O–H groups in total. The van der Waals surface area contributed by atoms with Gasteiger partial charge in [-0.1, -0.05) is 23.7 Å². The van der Waals surface area contributed by atoms with Crippen molar-refractivity contribution in [3.05, 3.63) is 53.3 Å². The predicted octanol–water partition coefficient (Wildman–Crippen LogP) is 3.43. The molecular formula is C17H14ClN3O. The minimum absolute atomic E-state index is 0.0730. The predicted molar refractivity (Wildman–Crippen MR) is 84.3 cm³/mol. The van der Waals surface area contributed by atoms with E-state index in [0.29, 0.717) is 10.6 Å². The first kappa shape index (κ1) is 14.6. The van der Waals surface area contributed by atoms with E-state index in [4.69, 9.17) is 16.9 Å². The van der Waals surface area contributed by atoms with E-state index < -0.39 is 0 Å². The van der Waals surface area contributed by atoms with E-state index >= 15 is 0 Å². The van der Waals surface area contributed by atoms with Crippen LogP contribution in [0.2, 0.25) is 5.02 Å². The second-order valence-corrected chi connectivity index (χ2v) is 5.87. The maximum Gasteiger partial charge on any atom is 0.253 e. The van der Waals surface area contributed by atoms with Crippen molar-refractivity contribution in [2.24, 2.45) is 5.92 Å². The molecule has 4 nitrogen and oxygen atoms in total. The summed E-state index contributed by atoms with van der Waals surface area (Å²) < 4.78 is 0. The summed E-state index contributed by atoms with van der Waals surface area (Å²) in [5.74, 6) is -0.0754. The summed E-state index contributed by atoms with van der Waals surface area (Å²) >= 11 is 5.88. The third kappa shape index (κ3) is 3.10. The van der Waals surface area contributed by atoms with Gasteiger partial charge in [0.25, 0.3) is 5.91 Å². The first-order valence-corrected chi connectivity index (χ1v) is 7.45. The molecule has 2 aromatic rings. The minimum Gasteiger partial charge on any atom is -0.349 e. The fraction of sp³-hybridized carbons (Fsp3) is 0.235. The van der Waals surface area contributed by atoms with Crippen LogP contribution in [0.15, 0.2) is 42.7 Å². The zero-order chi connectivity index (χ0) is 15.5. The summed E-state index contributed by atoms with van der Waals surface area (Å²) in [5, 5.41) is 12.4. The number of aromatic nitrogens is 1. The molecule has 22 heavy (non-hydrogen) atoms. The summed E-state index contributed by atoms with van der Waals surface area (Å²) in [6.07, 6.45) is 4.73. The van der Waals surface area contributed by atoms with Gasteiger partial charge in [-0.3, -0.25) is 9.78 Å². The lowest BCUT2D eigenvalue weighted by molar-refractivity contribution is 0.0904. The van der Waals surface area contributed by atoms with E-state index in [9.17, 15) is 4.79 Å². The van der Waals surface area contributed by atoms with Gasteiger partial charge in [0.15, 0.2) is 0 Å². The van der Waals surface area contributed by atoms with Gasteiger partial charge in [-0.05, 0) is 36.6 Å². The summed E-state index contributed by atoms with van der Waals surface area (Å²) in [7, 11) is 0. The monoisotopic (exact) mass is 311 g/mol. The number of nitrogens with zero attached hydrogens (tertiary/aromatic N) is 2. The number of carbonyl (C=O) groups excluding carboxylic acids is 1. The van der Waals surface area contributed by atoms with Crippen molar-refractivity contribution in [2.75, 3.05) is 0 Å². The van der Waals surface area contributed by atoms with Crippen LogP contribution in [0.5, 0.6) is 0 Å². The van der Waals surface area contributed by atoms with Gasteiger partial charge in [-0.2, -0.15) is 5.26 Å². The van der Waals surface area contributed by atoms with Crippen LogP contribution in [0, 0.1) is 17.2 Å². The molecule has 1 aliphatic rings. The van der Waals surface area contributed by atoms with E-state index in [1.165, 1.54) is 0 Å². The number of hydrogen-bond donors (Lipinski definition) is 1. The van der Waals surface area contributed by atoms with Crippen LogP contribution in [0.1, 0.15) is 23.2 Å². The highest BCUT2D eigenvalue weighted by Crippen LogP contribution is 2.27. The molecular weight excluding hydrogens is 298 g/mol. The zero-order valence-electron chi connectivity index (χ0n) is 11.8. The molecule has 0 saturated heterocycles. The van der Waals surface area contributed by atoms with Crippen molar-refractivity contribution in [3.8, 4) is 17.2 Å². The number of carbonyl (C=O) groups is 1. The van der Waals surface area contributed by atoms with E-state index in [1.54, 1.807) is 24.5 Å². The minimum atomic E-state index is -0.148. The molecule has 0 aliphatic heterocycles. The van der Waals surface area contributed by atoms with Crippen LogP contribution in [0.25, 0.3) is 11.1 Å². The standard InChI is InChI=1S/C17H14ClN3O/c18-15-3-1-12(2-4-15)13-7-14(10-20-9-13)17(22)21-16-5-11(6-16)8-19/h1-4,7,9-11,16H,5-6H2,(H,21,22). The Hall–Kier alpha value is -2.38. The molecule has 1 saturated carbocycles. The highest BCUT2D eigenvalue weighted by molar-refractivity contribution is 6.30. The number of hydrogen-bond acceptors (Lipinski definition) is 3. The lowest BCUT2D eigenvalue weighted by atomic mass is 9.81. The van der Waals surface area contributed by atoms with Gasteiger partial charge in [0.2, 0.25) is 0 Å². The average molecular weight is 312 g/mol. The van der Waals surface area contributed by atoms with Gasteiger partial charge in [0.1, 0.15) is 0 Å². The van der Waals surface area contributed by atoms with Crippen molar-refractivity contribution >= 4 is 17.5 Å². The van der Waals surface area contributed by atoms with Gasteiger partial charge in [0.05, 0.1) is 17.6 Å². The summed E-state index contributed by atoms with van der Waals surface area (Å²) in [6.45, 7) is 0. The average Bonchev–Trinajstić information content (AvgIpc) is 2.51. The molecule has 0 unspecified atom stereocenters. The number of nitrogens with one attached hydrogen (secondary N) is 1. The molecule has 1 aliphatic carbocycles. The third-order valence-electron chi connectivity index (χ3n) is 3.83. The van der Waals surface area contributed by atoms with Gasteiger partial charge >= 0.3 is 0 Å². The van der Waals surface area contributed by atoms with Gasteiger partial charge in [-0.15, -0.1) is 0 Å². The molecule has 1 amide bonds. The lowest BCUT2D eigenvalue weighted by Crippen LogP contribution is -2.43. The Morgan fingerprint density at radius 1 is 1.23 bits per heavy atom. The molecule has 0 radical (unpaired) electrons. The van der Waals surface area contributed by atoms with Crippen molar-refractivity contribution in [1.82, 2.24) is 10.3 Å².